The third-order valence-electron chi connectivity index (χ3n) is 2.34. The Hall–Kier alpha value is -1.92. The van der Waals surface area contributed by atoms with E-state index in [1.54, 1.807) is 31.2 Å². The van der Waals surface area contributed by atoms with Crippen LogP contribution in [0.25, 0.3) is 0 Å². The molecule has 0 saturated carbocycles. The molecule has 1 aromatic carbocycles. The topological polar surface area (TPSA) is 38.8 Å². The number of ether oxygens (including phenoxy) is 2. The molecule has 0 saturated heterocycles. The average Bonchev–Trinajstić information content (AvgIpc) is 2.35. The van der Waals surface area contributed by atoms with Gasteiger partial charge in [0, 0.05) is 7.05 Å². The third-order valence-corrected chi connectivity index (χ3v) is 2.34. The Bertz CT molecular complexity index is 449. The van der Waals surface area contributed by atoms with Crippen LogP contribution in [0.1, 0.15) is 6.92 Å². The quantitative estimate of drug-likeness (QED) is 0.808. The minimum atomic E-state index is -4.42. The van der Waals surface area contributed by atoms with Gasteiger partial charge in [0.2, 0.25) is 0 Å². The summed E-state index contributed by atoms with van der Waals surface area (Å²) in [7, 11) is 1.08. The molecule has 0 N–H and O–H groups in total. The first-order chi connectivity index (χ1) is 9.33. The summed E-state index contributed by atoms with van der Waals surface area (Å²) in [5.41, 5.74) is 0. The highest BCUT2D eigenvalue weighted by Gasteiger charge is 2.31. The van der Waals surface area contributed by atoms with Gasteiger partial charge < -0.3 is 14.4 Å². The Morgan fingerprint density at radius 1 is 1.20 bits per heavy atom. The molecule has 112 valence electrons. The number of rotatable bonds is 6. The van der Waals surface area contributed by atoms with Crippen molar-refractivity contribution >= 4 is 5.91 Å². The molecule has 0 aliphatic rings. The number of carbonyl (C=O) groups is 1. The van der Waals surface area contributed by atoms with Gasteiger partial charge in [-0.3, -0.25) is 4.79 Å². The van der Waals surface area contributed by atoms with Gasteiger partial charge in [0.05, 0.1) is 6.61 Å². The first kappa shape index (κ1) is 16.1. The van der Waals surface area contributed by atoms with E-state index in [1.165, 1.54) is 0 Å². The van der Waals surface area contributed by atoms with Crippen LogP contribution in [0.15, 0.2) is 24.3 Å². The minimum absolute atomic E-state index is 0.322. The molecule has 1 aromatic rings. The molecule has 1 rings (SSSR count). The molecule has 4 nitrogen and oxygen atoms in total. The predicted octanol–water partition coefficient (Wildman–Crippen LogP) is 2.48. The molecule has 0 aromatic heterocycles. The van der Waals surface area contributed by atoms with Crippen molar-refractivity contribution in [2.24, 2.45) is 0 Å². The second-order valence-electron chi connectivity index (χ2n) is 4.03. The number of hydrogen-bond donors (Lipinski definition) is 0. The molecular formula is C13H16F3NO3. The van der Waals surface area contributed by atoms with Gasteiger partial charge in [-0.25, -0.2) is 0 Å². The van der Waals surface area contributed by atoms with Gasteiger partial charge in [0.1, 0.15) is 6.54 Å². The number of alkyl halides is 3. The van der Waals surface area contributed by atoms with Crippen molar-refractivity contribution in [3.05, 3.63) is 24.3 Å². The summed E-state index contributed by atoms with van der Waals surface area (Å²) < 4.78 is 46.9. The summed E-state index contributed by atoms with van der Waals surface area (Å²) >= 11 is 0. The van der Waals surface area contributed by atoms with Crippen molar-refractivity contribution in [1.29, 1.82) is 0 Å². The van der Waals surface area contributed by atoms with Crippen molar-refractivity contribution in [2.75, 3.05) is 26.8 Å². The predicted molar refractivity (Wildman–Crippen MR) is 66.8 cm³/mol. The number of hydrogen-bond acceptors (Lipinski definition) is 3. The Balaban J connectivity index is 2.56. The third kappa shape index (κ3) is 5.38. The van der Waals surface area contributed by atoms with Crippen LogP contribution in [-0.4, -0.2) is 43.8 Å². The number of halogens is 3. The van der Waals surface area contributed by atoms with Gasteiger partial charge >= 0.3 is 6.18 Å². The van der Waals surface area contributed by atoms with E-state index in [0.29, 0.717) is 23.0 Å². The number of amides is 1. The van der Waals surface area contributed by atoms with Crippen molar-refractivity contribution in [2.45, 2.75) is 13.1 Å². The normalized spacial score (nSPS) is 11.1. The van der Waals surface area contributed by atoms with E-state index < -0.39 is 25.2 Å². The maximum Gasteiger partial charge on any atom is 0.406 e. The molecular weight excluding hydrogens is 275 g/mol. The van der Waals surface area contributed by atoms with Crippen LogP contribution in [0.3, 0.4) is 0 Å². The molecule has 0 bridgehead atoms. The average molecular weight is 291 g/mol. The molecule has 0 aliphatic heterocycles. The van der Waals surface area contributed by atoms with E-state index in [0.717, 1.165) is 7.05 Å². The summed E-state index contributed by atoms with van der Waals surface area (Å²) in [6.07, 6.45) is -4.42. The van der Waals surface area contributed by atoms with E-state index in [9.17, 15) is 18.0 Å². The molecule has 0 unspecified atom stereocenters. The van der Waals surface area contributed by atoms with Crippen LogP contribution in [0.2, 0.25) is 0 Å². The van der Waals surface area contributed by atoms with Gasteiger partial charge in [0.25, 0.3) is 5.91 Å². The fourth-order valence-electron chi connectivity index (χ4n) is 1.45. The SMILES string of the molecule is CCOc1ccccc1OCC(=O)N(C)CC(F)(F)F. The number of para-hydroxylation sites is 2. The van der Waals surface area contributed by atoms with Crippen LogP contribution >= 0.6 is 0 Å². The van der Waals surface area contributed by atoms with E-state index in [1.807, 2.05) is 0 Å². The molecule has 0 radical (unpaired) electrons. The maximum absolute atomic E-state index is 12.1. The van der Waals surface area contributed by atoms with Crippen LogP contribution in [0.5, 0.6) is 11.5 Å². The highest BCUT2D eigenvalue weighted by molar-refractivity contribution is 5.77. The van der Waals surface area contributed by atoms with Crippen molar-refractivity contribution in [1.82, 2.24) is 4.90 Å². The van der Waals surface area contributed by atoms with E-state index in [4.69, 9.17) is 9.47 Å². The Morgan fingerprint density at radius 2 is 1.75 bits per heavy atom. The Kier molecular flexibility index (Phi) is 5.66. The number of benzene rings is 1. The zero-order valence-corrected chi connectivity index (χ0v) is 11.2. The molecule has 7 heteroatoms. The number of likely N-dealkylation sites (N-methyl/N-ethyl adjacent to an activating group) is 1. The Labute approximate surface area is 115 Å². The largest absolute Gasteiger partial charge is 0.490 e. The van der Waals surface area contributed by atoms with Crippen LogP contribution in [0, 0.1) is 0 Å². The van der Waals surface area contributed by atoms with Crippen LogP contribution in [0.4, 0.5) is 13.2 Å². The summed E-state index contributed by atoms with van der Waals surface area (Å²) in [6, 6.07) is 6.65. The molecule has 0 atom stereocenters. The van der Waals surface area contributed by atoms with Gasteiger partial charge in [0.15, 0.2) is 18.1 Å². The van der Waals surface area contributed by atoms with Crippen molar-refractivity contribution in [3.63, 3.8) is 0 Å². The monoisotopic (exact) mass is 291 g/mol. The second-order valence-corrected chi connectivity index (χ2v) is 4.03. The zero-order valence-electron chi connectivity index (χ0n) is 11.2. The smallest absolute Gasteiger partial charge is 0.406 e. The van der Waals surface area contributed by atoms with Crippen LogP contribution < -0.4 is 9.47 Å². The van der Waals surface area contributed by atoms with Gasteiger partial charge in [-0.05, 0) is 19.1 Å². The lowest BCUT2D eigenvalue weighted by Gasteiger charge is -2.19. The van der Waals surface area contributed by atoms with E-state index in [2.05, 4.69) is 0 Å². The molecule has 0 spiro atoms. The van der Waals surface area contributed by atoms with E-state index >= 15 is 0 Å². The summed E-state index contributed by atoms with van der Waals surface area (Å²) in [5.74, 6) is 0.0120. The van der Waals surface area contributed by atoms with Gasteiger partial charge in [-0.1, -0.05) is 12.1 Å². The molecule has 0 fully saturated rings. The van der Waals surface area contributed by atoms with Crippen molar-refractivity contribution in [3.8, 4) is 11.5 Å². The summed E-state index contributed by atoms with van der Waals surface area (Å²) in [6.45, 7) is 0.431. The zero-order chi connectivity index (χ0) is 15.2. The number of nitrogens with zero attached hydrogens (tertiary/aromatic N) is 1. The maximum atomic E-state index is 12.1. The minimum Gasteiger partial charge on any atom is -0.490 e. The lowest BCUT2D eigenvalue weighted by atomic mass is 10.3. The molecule has 1 amide bonds. The number of carbonyl (C=O) groups excluding carboxylic acids is 1. The lowest BCUT2D eigenvalue weighted by Crippen LogP contribution is -2.38. The lowest BCUT2D eigenvalue weighted by molar-refractivity contribution is -0.159. The van der Waals surface area contributed by atoms with E-state index in [-0.39, 0.29) is 0 Å². The second kappa shape index (κ2) is 7.02. The highest BCUT2D eigenvalue weighted by atomic mass is 19.4. The molecule has 0 aliphatic carbocycles. The van der Waals surface area contributed by atoms with Gasteiger partial charge in [-0.15, -0.1) is 0 Å². The first-order valence-corrected chi connectivity index (χ1v) is 5.99. The summed E-state index contributed by atoms with van der Waals surface area (Å²) in [5, 5.41) is 0. The standard InChI is InChI=1S/C13H16F3NO3/c1-3-19-10-6-4-5-7-11(10)20-8-12(18)17(2)9-13(14,15)16/h4-7H,3,8-9H2,1-2H3. The fraction of sp³-hybridized carbons (Fsp3) is 0.462. The molecule has 20 heavy (non-hydrogen) atoms. The fourth-order valence-corrected chi connectivity index (χ4v) is 1.45. The Morgan fingerprint density at radius 3 is 2.25 bits per heavy atom. The highest BCUT2D eigenvalue weighted by Crippen LogP contribution is 2.26. The molecule has 0 heterocycles. The van der Waals surface area contributed by atoms with Crippen molar-refractivity contribution < 1.29 is 27.4 Å². The van der Waals surface area contributed by atoms with Crippen LogP contribution in [-0.2, 0) is 4.79 Å². The summed E-state index contributed by atoms with van der Waals surface area (Å²) in [4.78, 5) is 12.1. The van der Waals surface area contributed by atoms with Gasteiger partial charge in [-0.2, -0.15) is 13.2 Å². The first-order valence-electron chi connectivity index (χ1n) is 5.99.